The first-order valence-electron chi connectivity index (χ1n) is 8.42. The molecule has 2 rings (SSSR count). The van der Waals surface area contributed by atoms with Crippen molar-refractivity contribution < 1.29 is 28.2 Å². The lowest BCUT2D eigenvalue weighted by Gasteiger charge is -2.27. The Balaban J connectivity index is 1.97. The van der Waals surface area contributed by atoms with Crippen LogP contribution >= 0.6 is 0 Å². The average molecular weight is 377 g/mol. The molecular formula is C20H21F2NO4. The van der Waals surface area contributed by atoms with Crippen molar-refractivity contribution in [2.75, 3.05) is 0 Å². The standard InChI is InChI=1S/C20H21F2NO4/c1-14(16-10-6-3-7-11-16)20(21,22)12-17(18(24)25)23-19(26)27-13-15-8-4-2-5-9-15/h2-11,14,17H,12-13H2,1H3,(H,23,26)(H,24,25). The molecule has 0 radical (unpaired) electrons. The molecule has 0 saturated carbocycles. The van der Waals surface area contributed by atoms with E-state index in [1.54, 1.807) is 60.7 Å². The molecular weight excluding hydrogens is 356 g/mol. The Morgan fingerprint density at radius 3 is 2.19 bits per heavy atom. The molecule has 0 saturated heterocycles. The Morgan fingerprint density at radius 1 is 1.07 bits per heavy atom. The largest absolute Gasteiger partial charge is 0.480 e. The number of hydrogen-bond acceptors (Lipinski definition) is 3. The highest BCUT2D eigenvalue weighted by Crippen LogP contribution is 2.36. The number of halogens is 2. The third-order valence-electron chi connectivity index (χ3n) is 4.21. The van der Waals surface area contributed by atoms with Gasteiger partial charge in [0.05, 0.1) is 0 Å². The number of amides is 1. The van der Waals surface area contributed by atoms with Gasteiger partial charge in [-0.15, -0.1) is 0 Å². The number of carboxylic acid groups (broad SMARTS) is 1. The molecule has 2 aromatic rings. The van der Waals surface area contributed by atoms with Gasteiger partial charge < -0.3 is 15.2 Å². The van der Waals surface area contributed by atoms with Gasteiger partial charge in [0.25, 0.3) is 5.92 Å². The molecule has 0 aromatic heterocycles. The van der Waals surface area contributed by atoms with E-state index in [2.05, 4.69) is 0 Å². The summed E-state index contributed by atoms with van der Waals surface area (Å²) in [5, 5.41) is 11.2. The lowest BCUT2D eigenvalue weighted by Crippen LogP contribution is -2.45. The summed E-state index contributed by atoms with van der Waals surface area (Å²) in [6, 6.07) is 15.0. The maximum absolute atomic E-state index is 14.6. The number of carbonyl (C=O) groups is 2. The van der Waals surface area contributed by atoms with Crippen LogP contribution in [0.4, 0.5) is 13.6 Å². The molecule has 7 heteroatoms. The second-order valence-corrected chi connectivity index (χ2v) is 6.19. The van der Waals surface area contributed by atoms with Crippen molar-refractivity contribution >= 4 is 12.1 Å². The molecule has 0 fully saturated rings. The van der Waals surface area contributed by atoms with E-state index in [9.17, 15) is 23.5 Å². The van der Waals surface area contributed by atoms with Crippen LogP contribution in [-0.4, -0.2) is 29.1 Å². The van der Waals surface area contributed by atoms with Gasteiger partial charge in [-0.3, -0.25) is 0 Å². The van der Waals surface area contributed by atoms with Gasteiger partial charge in [0.2, 0.25) is 0 Å². The number of carboxylic acids is 1. The van der Waals surface area contributed by atoms with Crippen molar-refractivity contribution in [2.45, 2.75) is 37.8 Å². The predicted octanol–water partition coefficient (Wildman–Crippen LogP) is 4.20. The number of hydrogen-bond donors (Lipinski definition) is 2. The summed E-state index contributed by atoms with van der Waals surface area (Å²) in [7, 11) is 0. The molecule has 2 atom stereocenters. The number of ether oxygens (including phenoxy) is 1. The smallest absolute Gasteiger partial charge is 0.408 e. The highest BCUT2D eigenvalue weighted by atomic mass is 19.3. The van der Waals surface area contributed by atoms with E-state index < -0.39 is 36.4 Å². The van der Waals surface area contributed by atoms with E-state index in [0.29, 0.717) is 11.1 Å². The first kappa shape index (κ1) is 20.4. The normalized spacial score (nSPS) is 13.4. The molecule has 2 aromatic carbocycles. The topological polar surface area (TPSA) is 75.6 Å². The average Bonchev–Trinajstić information content (AvgIpc) is 2.66. The lowest BCUT2D eigenvalue weighted by atomic mass is 9.90. The van der Waals surface area contributed by atoms with Gasteiger partial charge >= 0.3 is 12.1 Å². The van der Waals surface area contributed by atoms with Crippen LogP contribution in [0.5, 0.6) is 0 Å². The molecule has 0 heterocycles. The van der Waals surface area contributed by atoms with Gasteiger partial charge in [-0.1, -0.05) is 67.6 Å². The van der Waals surface area contributed by atoms with Crippen LogP contribution < -0.4 is 5.32 Å². The molecule has 27 heavy (non-hydrogen) atoms. The quantitative estimate of drug-likeness (QED) is 0.723. The third-order valence-corrected chi connectivity index (χ3v) is 4.21. The highest BCUT2D eigenvalue weighted by Gasteiger charge is 2.42. The minimum absolute atomic E-state index is 0.0875. The lowest BCUT2D eigenvalue weighted by molar-refractivity contribution is -0.142. The summed E-state index contributed by atoms with van der Waals surface area (Å²) < 4.78 is 34.0. The number of nitrogens with one attached hydrogen (secondary N) is 1. The fourth-order valence-corrected chi connectivity index (χ4v) is 2.54. The molecule has 1 amide bonds. The summed E-state index contributed by atoms with van der Waals surface area (Å²) in [6.07, 6.45) is -2.10. The zero-order valence-electron chi connectivity index (χ0n) is 14.8. The minimum Gasteiger partial charge on any atom is -0.480 e. The monoisotopic (exact) mass is 377 g/mol. The van der Waals surface area contributed by atoms with E-state index in [4.69, 9.17) is 4.74 Å². The number of alkyl halides is 2. The van der Waals surface area contributed by atoms with E-state index in [1.165, 1.54) is 6.92 Å². The molecule has 2 N–H and O–H groups in total. The van der Waals surface area contributed by atoms with Gasteiger partial charge in [-0.2, -0.15) is 0 Å². The maximum atomic E-state index is 14.6. The molecule has 144 valence electrons. The zero-order valence-corrected chi connectivity index (χ0v) is 14.8. The van der Waals surface area contributed by atoms with E-state index >= 15 is 0 Å². The number of alkyl carbamates (subject to hydrolysis) is 1. The van der Waals surface area contributed by atoms with Crippen molar-refractivity contribution in [3.8, 4) is 0 Å². The van der Waals surface area contributed by atoms with Crippen LogP contribution in [-0.2, 0) is 16.1 Å². The summed E-state index contributed by atoms with van der Waals surface area (Å²) >= 11 is 0. The van der Waals surface area contributed by atoms with Gasteiger partial charge in [-0.05, 0) is 11.1 Å². The Hall–Kier alpha value is -2.96. The Labute approximate surface area is 156 Å². The highest BCUT2D eigenvalue weighted by molar-refractivity contribution is 5.80. The summed E-state index contributed by atoms with van der Waals surface area (Å²) in [4.78, 5) is 23.2. The van der Waals surface area contributed by atoms with Gasteiger partial charge in [-0.25, -0.2) is 18.4 Å². The predicted molar refractivity (Wildman–Crippen MR) is 95.6 cm³/mol. The van der Waals surface area contributed by atoms with Crippen molar-refractivity contribution in [1.82, 2.24) is 5.32 Å². The van der Waals surface area contributed by atoms with Crippen molar-refractivity contribution in [1.29, 1.82) is 0 Å². The second-order valence-electron chi connectivity index (χ2n) is 6.19. The van der Waals surface area contributed by atoms with Gasteiger partial charge in [0, 0.05) is 12.3 Å². The Morgan fingerprint density at radius 2 is 1.63 bits per heavy atom. The van der Waals surface area contributed by atoms with Crippen LogP contribution in [0.3, 0.4) is 0 Å². The first-order chi connectivity index (χ1) is 12.8. The van der Waals surface area contributed by atoms with Crippen LogP contribution in [0, 0.1) is 0 Å². The summed E-state index contributed by atoms with van der Waals surface area (Å²) in [6.45, 7) is 1.23. The number of rotatable bonds is 8. The molecule has 0 spiro atoms. The first-order valence-corrected chi connectivity index (χ1v) is 8.42. The molecule has 0 bridgehead atoms. The fourth-order valence-electron chi connectivity index (χ4n) is 2.54. The summed E-state index contributed by atoms with van der Waals surface area (Å²) in [5.74, 6) is -6.09. The molecule has 0 aliphatic carbocycles. The molecule has 2 unspecified atom stereocenters. The van der Waals surface area contributed by atoms with Crippen molar-refractivity contribution in [3.05, 3.63) is 71.8 Å². The second kappa shape index (κ2) is 9.12. The van der Waals surface area contributed by atoms with Crippen molar-refractivity contribution in [2.24, 2.45) is 0 Å². The SMILES string of the molecule is CC(c1ccccc1)C(F)(F)CC(NC(=O)OCc1ccccc1)C(=O)O. The molecule has 0 aliphatic heterocycles. The Kier molecular flexibility index (Phi) is 6.87. The van der Waals surface area contributed by atoms with Crippen LogP contribution in [0.25, 0.3) is 0 Å². The van der Waals surface area contributed by atoms with Crippen LogP contribution in [0.1, 0.15) is 30.4 Å². The number of benzene rings is 2. The van der Waals surface area contributed by atoms with Crippen LogP contribution in [0.2, 0.25) is 0 Å². The third kappa shape index (κ3) is 6.06. The zero-order chi connectivity index (χ0) is 19.9. The molecule has 0 aliphatic rings. The van der Waals surface area contributed by atoms with Gasteiger partial charge in [0.1, 0.15) is 12.6 Å². The van der Waals surface area contributed by atoms with E-state index in [1.807, 2.05) is 5.32 Å². The minimum atomic E-state index is -3.34. The molecule has 5 nitrogen and oxygen atoms in total. The Bertz CT molecular complexity index is 753. The number of aliphatic carboxylic acids is 1. The van der Waals surface area contributed by atoms with E-state index in [-0.39, 0.29) is 6.61 Å². The fraction of sp³-hybridized carbons (Fsp3) is 0.300. The maximum Gasteiger partial charge on any atom is 0.408 e. The van der Waals surface area contributed by atoms with Gasteiger partial charge in [0.15, 0.2) is 0 Å². The number of carbonyl (C=O) groups excluding carboxylic acids is 1. The van der Waals surface area contributed by atoms with E-state index in [0.717, 1.165) is 0 Å². The van der Waals surface area contributed by atoms with Crippen LogP contribution in [0.15, 0.2) is 60.7 Å². The van der Waals surface area contributed by atoms with Crippen molar-refractivity contribution in [3.63, 3.8) is 0 Å². The summed E-state index contributed by atoms with van der Waals surface area (Å²) in [5.41, 5.74) is 1.08.